The number of ketones is 1. The number of benzene rings is 1. The van der Waals surface area contributed by atoms with Crippen molar-refractivity contribution in [1.82, 2.24) is 0 Å². The molecule has 18 heavy (non-hydrogen) atoms. The molecular formula is C14H13BrO2S. The minimum Gasteiger partial charge on any atom is -0.494 e. The molecule has 0 amide bonds. The van der Waals surface area contributed by atoms with Crippen LogP contribution in [0.4, 0.5) is 0 Å². The Hall–Kier alpha value is -1.13. The average Bonchev–Trinajstić information content (AvgIpc) is 2.82. The summed E-state index contributed by atoms with van der Waals surface area (Å²) in [6, 6.07) is 9.17. The quantitative estimate of drug-likeness (QED) is 0.755. The summed E-state index contributed by atoms with van der Waals surface area (Å²) in [4.78, 5) is 12.9. The highest BCUT2D eigenvalue weighted by Gasteiger charge is 2.13. The zero-order valence-corrected chi connectivity index (χ0v) is 12.4. The first kappa shape index (κ1) is 13.3. The van der Waals surface area contributed by atoms with Crippen molar-refractivity contribution in [3.8, 4) is 5.75 Å². The van der Waals surface area contributed by atoms with Crippen LogP contribution in [-0.2, 0) is 0 Å². The van der Waals surface area contributed by atoms with Crippen LogP contribution in [0.5, 0.6) is 5.75 Å². The number of hydrogen-bond acceptors (Lipinski definition) is 3. The molecule has 0 aliphatic rings. The molecule has 2 aromatic rings. The summed E-state index contributed by atoms with van der Waals surface area (Å²) in [5.74, 6) is 0.845. The fourth-order valence-corrected chi connectivity index (χ4v) is 3.02. The van der Waals surface area contributed by atoms with Gasteiger partial charge in [0.2, 0.25) is 5.78 Å². The number of thiophene rings is 1. The number of ether oxygens (including phenoxy) is 1. The highest BCUT2D eigenvalue weighted by atomic mass is 79.9. The first-order valence-electron chi connectivity index (χ1n) is 5.73. The Morgan fingerprint density at radius 1 is 1.28 bits per heavy atom. The molecule has 0 saturated heterocycles. The minimum atomic E-state index is 0.0407. The predicted octanol–water partition coefficient (Wildman–Crippen LogP) is 4.53. The second kappa shape index (κ2) is 6.16. The zero-order chi connectivity index (χ0) is 13.0. The standard InChI is InChI=1S/C14H13BrO2S/c1-2-8-17-11-5-3-10(4-6-11)13(16)14-12(15)7-9-18-14/h3-7,9H,2,8H2,1H3. The van der Waals surface area contributed by atoms with Crippen molar-refractivity contribution in [2.45, 2.75) is 13.3 Å². The van der Waals surface area contributed by atoms with Crippen LogP contribution in [-0.4, -0.2) is 12.4 Å². The van der Waals surface area contributed by atoms with Crippen LogP contribution in [0.25, 0.3) is 0 Å². The van der Waals surface area contributed by atoms with Gasteiger partial charge in [-0.2, -0.15) is 0 Å². The van der Waals surface area contributed by atoms with Crippen LogP contribution in [0.15, 0.2) is 40.2 Å². The van der Waals surface area contributed by atoms with Crippen LogP contribution in [0, 0.1) is 0 Å². The molecule has 0 atom stereocenters. The third kappa shape index (κ3) is 3.00. The van der Waals surface area contributed by atoms with E-state index < -0.39 is 0 Å². The summed E-state index contributed by atoms with van der Waals surface area (Å²) in [6.45, 7) is 2.76. The Kier molecular flexibility index (Phi) is 4.55. The molecule has 94 valence electrons. The highest BCUT2D eigenvalue weighted by Crippen LogP contribution is 2.26. The molecule has 0 spiro atoms. The largest absolute Gasteiger partial charge is 0.494 e. The second-order valence-corrected chi connectivity index (χ2v) is 5.57. The number of carbonyl (C=O) groups is 1. The molecule has 0 radical (unpaired) electrons. The summed E-state index contributed by atoms with van der Waals surface area (Å²) in [5.41, 5.74) is 0.682. The van der Waals surface area contributed by atoms with Crippen molar-refractivity contribution in [1.29, 1.82) is 0 Å². The highest BCUT2D eigenvalue weighted by molar-refractivity contribution is 9.10. The van der Waals surface area contributed by atoms with Gasteiger partial charge in [0.05, 0.1) is 11.5 Å². The molecule has 1 aromatic carbocycles. The molecular weight excluding hydrogens is 312 g/mol. The minimum absolute atomic E-state index is 0.0407. The van der Waals surface area contributed by atoms with E-state index >= 15 is 0 Å². The van der Waals surface area contributed by atoms with Gasteiger partial charge < -0.3 is 4.74 Å². The Morgan fingerprint density at radius 2 is 2.00 bits per heavy atom. The number of hydrogen-bond donors (Lipinski definition) is 0. The Labute approximate surface area is 119 Å². The first-order chi connectivity index (χ1) is 8.72. The van der Waals surface area contributed by atoms with E-state index in [0.717, 1.165) is 21.5 Å². The number of carbonyl (C=O) groups excluding carboxylic acids is 1. The van der Waals surface area contributed by atoms with E-state index in [1.165, 1.54) is 11.3 Å². The van der Waals surface area contributed by atoms with Crippen molar-refractivity contribution >= 4 is 33.0 Å². The van der Waals surface area contributed by atoms with Gasteiger partial charge in [0.1, 0.15) is 5.75 Å². The topological polar surface area (TPSA) is 26.3 Å². The molecule has 0 saturated carbocycles. The predicted molar refractivity (Wildman–Crippen MR) is 77.7 cm³/mol. The second-order valence-electron chi connectivity index (χ2n) is 3.80. The van der Waals surface area contributed by atoms with Gasteiger partial charge in [0.15, 0.2) is 0 Å². The van der Waals surface area contributed by atoms with Gasteiger partial charge >= 0.3 is 0 Å². The molecule has 0 aliphatic carbocycles. The lowest BCUT2D eigenvalue weighted by Gasteiger charge is -2.05. The average molecular weight is 325 g/mol. The molecule has 0 bridgehead atoms. The normalized spacial score (nSPS) is 10.3. The van der Waals surface area contributed by atoms with Crippen LogP contribution >= 0.6 is 27.3 Å². The summed E-state index contributed by atoms with van der Waals surface area (Å²) in [7, 11) is 0. The van der Waals surface area contributed by atoms with Crippen molar-refractivity contribution in [2.75, 3.05) is 6.61 Å². The number of halogens is 1. The third-order valence-electron chi connectivity index (χ3n) is 2.41. The van der Waals surface area contributed by atoms with Crippen molar-refractivity contribution in [3.05, 3.63) is 50.6 Å². The zero-order valence-electron chi connectivity index (χ0n) is 9.98. The molecule has 0 unspecified atom stereocenters. The molecule has 0 fully saturated rings. The summed E-state index contributed by atoms with van der Waals surface area (Å²) in [5, 5.41) is 1.90. The Balaban J connectivity index is 2.15. The third-order valence-corrected chi connectivity index (χ3v) is 4.25. The lowest BCUT2D eigenvalue weighted by atomic mass is 10.1. The van der Waals surface area contributed by atoms with E-state index in [1.807, 2.05) is 23.6 Å². The van der Waals surface area contributed by atoms with Gasteiger partial charge in [0.25, 0.3) is 0 Å². The van der Waals surface area contributed by atoms with Crippen molar-refractivity contribution in [2.24, 2.45) is 0 Å². The lowest BCUT2D eigenvalue weighted by molar-refractivity contribution is 0.104. The van der Waals surface area contributed by atoms with Gasteiger partial charge in [-0.3, -0.25) is 4.79 Å². The molecule has 4 heteroatoms. The van der Waals surface area contributed by atoms with Gasteiger partial charge in [0, 0.05) is 10.0 Å². The molecule has 2 rings (SSSR count). The van der Waals surface area contributed by atoms with Crippen LogP contribution in [0.2, 0.25) is 0 Å². The molecule has 1 heterocycles. The lowest BCUT2D eigenvalue weighted by Crippen LogP contribution is -2.00. The van der Waals surface area contributed by atoms with E-state index in [4.69, 9.17) is 4.74 Å². The van der Waals surface area contributed by atoms with E-state index in [0.29, 0.717) is 12.2 Å². The maximum Gasteiger partial charge on any atom is 0.204 e. The van der Waals surface area contributed by atoms with Gasteiger partial charge in [-0.05, 0) is 58.1 Å². The maximum atomic E-state index is 12.2. The Bertz CT molecular complexity index is 531. The summed E-state index contributed by atoms with van der Waals surface area (Å²) >= 11 is 4.82. The van der Waals surface area contributed by atoms with E-state index in [1.54, 1.807) is 12.1 Å². The fraction of sp³-hybridized carbons (Fsp3) is 0.214. The molecule has 0 N–H and O–H groups in total. The Morgan fingerprint density at radius 3 is 2.56 bits per heavy atom. The number of rotatable bonds is 5. The van der Waals surface area contributed by atoms with Gasteiger partial charge in [-0.1, -0.05) is 6.92 Å². The van der Waals surface area contributed by atoms with E-state index in [-0.39, 0.29) is 5.78 Å². The molecule has 0 aliphatic heterocycles. The monoisotopic (exact) mass is 324 g/mol. The summed E-state index contributed by atoms with van der Waals surface area (Å²) < 4.78 is 6.34. The van der Waals surface area contributed by atoms with Crippen LogP contribution in [0.1, 0.15) is 28.6 Å². The van der Waals surface area contributed by atoms with Crippen LogP contribution < -0.4 is 4.74 Å². The fourth-order valence-electron chi connectivity index (χ4n) is 1.51. The van der Waals surface area contributed by atoms with E-state index in [2.05, 4.69) is 22.9 Å². The summed E-state index contributed by atoms with van der Waals surface area (Å²) in [6.07, 6.45) is 0.975. The molecule has 2 nitrogen and oxygen atoms in total. The first-order valence-corrected chi connectivity index (χ1v) is 7.40. The molecule has 1 aromatic heterocycles. The van der Waals surface area contributed by atoms with E-state index in [9.17, 15) is 4.79 Å². The SMILES string of the molecule is CCCOc1ccc(C(=O)c2sccc2Br)cc1. The van der Waals surface area contributed by atoms with Crippen molar-refractivity contribution in [3.63, 3.8) is 0 Å². The van der Waals surface area contributed by atoms with Crippen LogP contribution in [0.3, 0.4) is 0 Å². The maximum absolute atomic E-state index is 12.2. The van der Waals surface area contributed by atoms with Gasteiger partial charge in [-0.25, -0.2) is 0 Å². The van der Waals surface area contributed by atoms with Crippen molar-refractivity contribution < 1.29 is 9.53 Å². The smallest absolute Gasteiger partial charge is 0.204 e. The van der Waals surface area contributed by atoms with Gasteiger partial charge in [-0.15, -0.1) is 11.3 Å².